The predicted octanol–water partition coefficient (Wildman–Crippen LogP) is 1.08. The molecule has 0 atom stereocenters. The van der Waals surface area contributed by atoms with Gasteiger partial charge in [-0.05, 0) is 20.8 Å². The van der Waals surface area contributed by atoms with Crippen LogP contribution < -0.4 is 5.32 Å². The number of nitrogens with one attached hydrogen (secondary N) is 1. The molecule has 0 bridgehead atoms. The van der Waals surface area contributed by atoms with Crippen LogP contribution in [0.5, 0.6) is 5.75 Å². The van der Waals surface area contributed by atoms with Crippen LogP contribution in [0.4, 0.5) is 0 Å². The molecule has 0 aromatic carbocycles. The van der Waals surface area contributed by atoms with Crippen molar-refractivity contribution in [2.75, 3.05) is 19.8 Å². The number of aliphatic hydroxyl groups is 1. The molecule has 0 fully saturated rings. The Morgan fingerprint density at radius 1 is 1.30 bits per heavy atom. The van der Waals surface area contributed by atoms with Gasteiger partial charge in [0.25, 0.3) is 0 Å². The van der Waals surface area contributed by atoms with Crippen molar-refractivity contribution in [1.82, 2.24) is 10.3 Å². The molecule has 1 heterocycles. The van der Waals surface area contributed by atoms with E-state index in [1.54, 1.807) is 13.1 Å². The Hall–Kier alpha value is -1.21. The highest BCUT2D eigenvalue weighted by molar-refractivity contribution is 5.40. The van der Waals surface area contributed by atoms with Crippen molar-refractivity contribution >= 4 is 0 Å². The SMILES string of the molecule is CCOC(CNCc1c(CO)cnc(C)c1O)OCC. The molecule has 0 saturated heterocycles. The van der Waals surface area contributed by atoms with Gasteiger partial charge in [-0.15, -0.1) is 0 Å². The molecule has 1 aromatic rings. The first kappa shape index (κ1) is 16.8. The van der Waals surface area contributed by atoms with Gasteiger partial charge in [0, 0.05) is 43.6 Å². The standard InChI is InChI=1S/C14H24N2O4/c1-4-19-13(20-5-2)8-15-7-12-11(9-17)6-16-10(3)14(12)18/h6,13,15,17-18H,4-5,7-9H2,1-3H3. The largest absolute Gasteiger partial charge is 0.506 e. The number of aromatic hydroxyl groups is 1. The van der Waals surface area contributed by atoms with Crippen LogP contribution in [-0.4, -0.2) is 41.2 Å². The summed E-state index contributed by atoms with van der Waals surface area (Å²) in [5, 5.41) is 22.5. The van der Waals surface area contributed by atoms with E-state index in [4.69, 9.17) is 9.47 Å². The normalized spacial score (nSPS) is 11.2. The third kappa shape index (κ3) is 4.72. The van der Waals surface area contributed by atoms with Gasteiger partial charge in [-0.3, -0.25) is 4.98 Å². The van der Waals surface area contributed by atoms with Crippen LogP contribution in [0.1, 0.15) is 30.7 Å². The highest BCUT2D eigenvalue weighted by atomic mass is 16.7. The fourth-order valence-corrected chi connectivity index (χ4v) is 1.87. The minimum absolute atomic E-state index is 0.119. The molecular formula is C14H24N2O4. The number of pyridine rings is 1. The van der Waals surface area contributed by atoms with E-state index >= 15 is 0 Å². The molecule has 0 unspecified atom stereocenters. The maximum atomic E-state index is 10.0. The zero-order valence-corrected chi connectivity index (χ0v) is 12.3. The molecule has 0 aliphatic heterocycles. The number of ether oxygens (including phenoxy) is 2. The maximum Gasteiger partial charge on any atom is 0.169 e. The van der Waals surface area contributed by atoms with Crippen molar-refractivity contribution < 1.29 is 19.7 Å². The molecule has 114 valence electrons. The second kappa shape index (κ2) is 8.86. The Kier molecular flexibility index (Phi) is 7.46. The van der Waals surface area contributed by atoms with Crippen LogP contribution in [0, 0.1) is 6.92 Å². The van der Waals surface area contributed by atoms with E-state index in [0.29, 0.717) is 43.1 Å². The molecule has 0 amide bonds. The summed E-state index contributed by atoms with van der Waals surface area (Å²) >= 11 is 0. The molecule has 0 aliphatic carbocycles. The monoisotopic (exact) mass is 284 g/mol. The molecule has 1 aromatic heterocycles. The summed E-state index contributed by atoms with van der Waals surface area (Å²) in [6.45, 7) is 7.47. The highest BCUT2D eigenvalue weighted by Gasteiger charge is 2.12. The summed E-state index contributed by atoms with van der Waals surface area (Å²) in [5.74, 6) is 0.119. The Balaban J connectivity index is 2.62. The minimum Gasteiger partial charge on any atom is -0.506 e. The first-order chi connectivity index (χ1) is 9.63. The Morgan fingerprint density at radius 3 is 2.50 bits per heavy atom. The summed E-state index contributed by atoms with van der Waals surface area (Å²) in [7, 11) is 0. The molecule has 0 aliphatic rings. The van der Waals surface area contributed by atoms with Crippen molar-refractivity contribution in [3.05, 3.63) is 23.0 Å². The Labute approximate surface area is 119 Å². The van der Waals surface area contributed by atoms with E-state index in [1.807, 2.05) is 13.8 Å². The Bertz CT molecular complexity index is 406. The number of hydrogen-bond donors (Lipinski definition) is 3. The molecule has 6 heteroatoms. The summed E-state index contributed by atoms with van der Waals surface area (Å²) in [5.41, 5.74) is 1.82. The molecule has 20 heavy (non-hydrogen) atoms. The van der Waals surface area contributed by atoms with E-state index in [1.165, 1.54) is 0 Å². The van der Waals surface area contributed by atoms with Gasteiger partial charge in [-0.1, -0.05) is 0 Å². The van der Waals surface area contributed by atoms with Crippen LogP contribution in [0.15, 0.2) is 6.20 Å². The lowest BCUT2D eigenvalue weighted by Gasteiger charge is -2.18. The molecule has 0 saturated carbocycles. The van der Waals surface area contributed by atoms with Crippen molar-refractivity contribution in [3.63, 3.8) is 0 Å². The summed E-state index contributed by atoms with van der Waals surface area (Å²) in [6.07, 6.45) is 1.27. The first-order valence-corrected chi connectivity index (χ1v) is 6.85. The van der Waals surface area contributed by atoms with E-state index in [0.717, 1.165) is 0 Å². The molecule has 1 rings (SSSR count). The highest BCUT2D eigenvalue weighted by Crippen LogP contribution is 2.23. The number of hydrogen-bond acceptors (Lipinski definition) is 6. The topological polar surface area (TPSA) is 83.8 Å². The number of nitrogens with zero attached hydrogens (tertiary/aromatic N) is 1. The van der Waals surface area contributed by atoms with Gasteiger partial charge in [0.1, 0.15) is 5.75 Å². The first-order valence-electron chi connectivity index (χ1n) is 6.85. The van der Waals surface area contributed by atoms with E-state index in [2.05, 4.69) is 10.3 Å². The average Bonchev–Trinajstić information content (AvgIpc) is 2.44. The second-order valence-electron chi connectivity index (χ2n) is 4.33. The number of aliphatic hydroxyl groups excluding tert-OH is 1. The second-order valence-corrected chi connectivity index (χ2v) is 4.33. The van der Waals surface area contributed by atoms with Crippen molar-refractivity contribution in [2.45, 2.75) is 40.2 Å². The van der Waals surface area contributed by atoms with Crippen LogP contribution >= 0.6 is 0 Å². The van der Waals surface area contributed by atoms with Gasteiger partial charge in [0.05, 0.1) is 12.3 Å². The summed E-state index contributed by atoms with van der Waals surface area (Å²) in [4.78, 5) is 4.03. The van der Waals surface area contributed by atoms with Crippen LogP contribution in [0.3, 0.4) is 0 Å². The lowest BCUT2D eigenvalue weighted by atomic mass is 10.1. The maximum absolute atomic E-state index is 10.0. The lowest BCUT2D eigenvalue weighted by molar-refractivity contribution is -0.133. The average molecular weight is 284 g/mol. The van der Waals surface area contributed by atoms with Gasteiger partial charge in [-0.2, -0.15) is 0 Å². The van der Waals surface area contributed by atoms with Crippen LogP contribution in [-0.2, 0) is 22.6 Å². The zero-order chi connectivity index (χ0) is 15.0. The Morgan fingerprint density at radius 2 is 1.95 bits per heavy atom. The molecular weight excluding hydrogens is 260 g/mol. The number of aryl methyl sites for hydroxylation is 1. The van der Waals surface area contributed by atoms with Crippen LogP contribution in [0.2, 0.25) is 0 Å². The van der Waals surface area contributed by atoms with E-state index in [-0.39, 0.29) is 18.6 Å². The molecule has 0 spiro atoms. The third-order valence-corrected chi connectivity index (χ3v) is 2.92. The lowest BCUT2D eigenvalue weighted by Crippen LogP contribution is -2.31. The third-order valence-electron chi connectivity index (χ3n) is 2.92. The summed E-state index contributed by atoms with van der Waals surface area (Å²) < 4.78 is 10.8. The molecule has 3 N–H and O–H groups in total. The van der Waals surface area contributed by atoms with Gasteiger partial charge in [-0.25, -0.2) is 0 Å². The fourth-order valence-electron chi connectivity index (χ4n) is 1.87. The van der Waals surface area contributed by atoms with Crippen molar-refractivity contribution in [2.24, 2.45) is 0 Å². The zero-order valence-electron chi connectivity index (χ0n) is 12.3. The van der Waals surface area contributed by atoms with Gasteiger partial charge in [0.15, 0.2) is 6.29 Å². The fraction of sp³-hybridized carbons (Fsp3) is 0.643. The van der Waals surface area contributed by atoms with Gasteiger partial charge in [0.2, 0.25) is 0 Å². The van der Waals surface area contributed by atoms with Crippen LogP contribution in [0.25, 0.3) is 0 Å². The number of rotatable bonds is 9. The predicted molar refractivity (Wildman–Crippen MR) is 75.3 cm³/mol. The quantitative estimate of drug-likeness (QED) is 0.588. The molecule has 0 radical (unpaired) electrons. The van der Waals surface area contributed by atoms with Gasteiger partial charge >= 0.3 is 0 Å². The van der Waals surface area contributed by atoms with Gasteiger partial charge < -0.3 is 25.0 Å². The smallest absolute Gasteiger partial charge is 0.169 e. The van der Waals surface area contributed by atoms with E-state index in [9.17, 15) is 10.2 Å². The molecule has 6 nitrogen and oxygen atoms in total. The van der Waals surface area contributed by atoms with Crippen molar-refractivity contribution in [3.8, 4) is 5.75 Å². The van der Waals surface area contributed by atoms with Crippen molar-refractivity contribution in [1.29, 1.82) is 0 Å². The minimum atomic E-state index is -0.312. The number of aromatic nitrogens is 1. The van der Waals surface area contributed by atoms with E-state index < -0.39 is 0 Å². The summed E-state index contributed by atoms with van der Waals surface area (Å²) in [6, 6.07) is 0.